The quantitative estimate of drug-likeness (QED) is 0.0212. The van der Waals surface area contributed by atoms with Gasteiger partial charge in [0.25, 0.3) is 11.8 Å². The molecule has 28 heteroatoms. The molecule has 1 fully saturated rings. The van der Waals surface area contributed by atoms with Crippen LogP contribution in [-0.2, 0) is 75.2 Å². The van der Waals surface area contributed by atoms with E-state index in [1.54, 1.807) is 86.1 Å². The lowest BCUT2D eigenvalue weighted by molar-refractivity contribution is -0.148. The van der Waals surface area contributed by atoms with Gasteiger partial charge in [-0.3, -0.25) is 63.1 Å². The van der Waals surface area contributed by atoms with E-state index in [1.165, 1.54) is 26.4 Å². The van der Waals surface area contributed by atoms with E-state index in [4.69, 9.17) is 19.9 Å². The van der Waals surface area contributed by atoms with Gasteiger partial charge in [-0.1, -0.05) is 124 Å². The molecule has 0 spiro atoms. The number of nitrogens with one attached hydrogen (secondary N) is 8. The number of primary amides is 1. The molecular weight excluding hydrogens is 1330 g/mol. The second-order valence-corrected chi connectivity index (χ2v) is 28.1. The average Bonchev–Trinajstić information content (AvgIpc) is 1.39. The van der Waals surface area contributed by atoms with Crippen molar-refractivity contribution in [3.05, 3.63) is 102 Å². The summed E-state index contributed by atoms with van der Waals surface area (Å²) in [6.45, 7) is 17.7. The maximum atomic E-state index is 14.7. The number of hydrogen-bond acceptors (Lipinski definition) is 16. The van der Waals surface area contributed by atoms with Crippen molar-refractivity contribution >= 4 is 88.3 Å². The number of carbonyl (C=O) groups excluding carboxylic acids is 12. The van der Waals surface area contributed by atoms with E-state index in [0.29, 0.717) is 74.1 Å². The number of nitrogens with zero attached hydrogens (tertiary/aromatic N) is 4. The Morgan fingerprint density at radius 3 is 1.76 bits per heavy atom. The maximum Gasteiger partial charge on any atom is 0.411 e. The number of likely N-dealkylation sites (tertiary alicyclic amines) is 1. The lowest BCUT2D eigenvalue weighted by atomic mass is 9.88. The molecule has 0 radical (unpaired) electrons. The number of likely N-dealkylation sites (N-methyl/N-ethyl adjacent to an activating group) is 2. The third-order valence-corrected chi connectivity index (χ3v) is 19.5. The fourth-order valence-electron chi connectivity index (χ4n) is 13.2. The lowest BCUT2D eigenvalue weighted by Gasteiger charge is -2.41. The molecule has 2 aliphatic rings. The highest BCUT2D eigenvalue weighted by molar-refractivity contribution is 6.13. The first-order valence-corrected chi connectivity index (χ1v) is 36.3. The van der Waals surface area contributed by atoms with E-state index >= 15 is 0 Å². The highest BCUT2D eigenvalue weighted by atomic mass is 16.5. The van der Waals surface area contributed by atoms with Crippen LogP contribution in [0.25, 0.3) is 0 Å². The number of imide groups is 1. The second kappa shape index (κ2) is 42.5. The van der Waals surface area contributed by atoms with Crippen LogP contribution in [0.5, 0.6) is 0 Å². The lowest BCUT2D eigenvalue weighted by Crippen LogP contribution is -2.60. The number of carbonyl (C=O) groups is 12. The smallest absolute Gasteiger partial charge is 0.411 e. The van der Waals surface area contributed by atoms with Gasteiger partial charge >= 0.3 is 12.1 Å². The largest absolute Gasteiger partial charge is 0.444 e. The number of amides is 13. The van der Waals surface area contributed by atoms with Crippen molar-refractivity contribution in [2.45, 2.75) is 200 Å². The van der Waals surface area contributed by atoms with E-state index < -0.39 is 96.2 Å². The van der Waals surface area contributed by atoms with Crippen LogP contribution in [0.15, 0.2) is 91.0 Å². The Hall–Kier alpha value is -9.28. The molecular formula is C76H113N13O15. The first kappa shape index (κ1) is 85.4. The van der Waals surface area contributed by atoms with Crippen molar-refractivity contribution in [1.29, 1.82) is 0 Å². The molecule has 0 aromatic heterocycles. The van der Waals surface area contributed by atoms with Crippen LogP contribution >= 0.6 is 0 Å². The number of unbranched alkanes of at least 4 members (excludes halogenated alkanes) is 2. The minimum atomic E-state index is -1.10. The molecule has 104 heavy (non-hydrogen) atoms. The van der Waals surface area contributed by atoms with Gasteiger partial charge in [0, 0.05) is 83.0 Å². The molecule has 13 amide bonds. The maximum absolute atomic E-state index is 14.7. The number of nitrogens with two attached hydrogens (primary N) is 1. The van der Waals surface area contributed by atoms with Crippen molar-refractivity contribution in [3.63, 3.8) is 0 Å². The Balaban J connectivity index is 1.17. The van der Waals surface area contributed by atoms with Gasteiger partial charge in [-0.15, -0.1) is 0 Å². The molecule has 5 rings (SSSR count). The van der Waals surface area contributed by atoms with E-state index in [9.17, 15) is 57.5 Å². The molecule has 0 unspecified atom stereocenters. The SMILES string of the molecule is CC[C@@H](C)[C@H](NC(=O)[C@H](C(C)C)N(C)C)C(=O)N(C)[C@@H]([C@@H](C)CC)[C@@H](CC(=O)N1CCC[C@H]1[C@H](OC)[C@@H](C)C(=O)N[C@@H](Cc1ccccc1)C(=O)Nc1ccc(NC(=O)OCc2ccc(NC(=O)[C@H](CCCNC(N)=O)NC(=O)[C@@H](NC(=O)CCCCCN3C(=O)C=CC3=O)C(C)C)cc2)cc1)OC. The second-order valence-electron chi connectivity index (χ2n) is 28.1. The molecule has 2 heterocycles. The van der Waals surface area contributed by atoms with Gasteiger partial charge in [0.05, 0.1) is 42.7 Å². The molecule has 0 aliphatic carbocycles. The Kier molecular flexibility index (Phi) is 34.9. The van der Waals surface area contributed by atoms with Crippen LogP contribution < -0.4 is 48.3 Å². The standard InChI is InChI=1S/C76H113N13O15/c1-15-48(7)65(85-73(98)66(47(5)6)86(10)11)74(99)87(12)67(49(8)16-2)59(102-13)44-63(93)88-42-24-28-58(88)68(103-14)50(9)69(94)83-57(43-51-25-19-17-20-26-51)71(96)80-54-34-36-55(37-35-54)81-76(101)104-45-52-30-32-53(33-31-52)79-70(95)56(27-23-40-78-75(77)100)82-72(97)64(46(3)4)84-60(90)29-21-18-22-41-89-61(91)38-39-62(89)92/h17,19-20,25-26,30-39,46-50,56-59,64-68H,15-16,18,21-24,27-29,40-45H2,1-14H3,(H,79,95)(H,80,96)(H,81,101)(H,82,97)(H,83,94)(H,84,90)(H,85,98)(H3,77,78,100)/t48-,49+,50-,56+,57+,58+,59-,64+,65+,66+,67+,68-/m1/s1. The molecule has 3 aromatic rings. The Labute approximate surface area is 612 Å². The fraction of sp³-hybridized carbons (Fsp3) is 0.579. The zero-order valence-electron chi connectivity index (χ0n) is 63.0. The number of urea groups is 1. The molecule has 3 aromatic carbocycles. The number of anilines is 3. The normalized spacial score (nSPS) is 16.8. The summed E-state index contributed by atoms with van der Waals surface area (Å²) >= 11 is 0. The van der Waals surface area contributed by atoms with Gasteiger partial charge < -0.3 is 67.0 Å². The van der Waals surface area contributed by atoms with Crippen LogP contribution in [0.4, 0.5) is 26.7 Å². The fourth-order valence-corrected chi connectivity index (χ4v) is 13.2. The minimum Gasteiger partial charge on any atom is -0.444 e. The topological polar surface area (TPSA) is 368 Å². The molecule has 1 saturated heterocycles. The summed E-state index contributed by atoms with van der Waals surface area (Å²) in [6, 6.07) is 15.7. The third kappa shape index (κ3) is 25.8. The first-order valence-electron chi connectivity index (χ1n) is 36.3. The molecule has 572 valence electrons. The van der Waals surface area contributed by atoms with Crippen molar-refractivity contribution in [3.8, 4) is 0 Å². The van der Waals surface area contributed by atoms with Crippen LogP contribution in [-0.4, -0.2) is 200 Å². The van der Waals surface area contributed by atoms with Gasteiger partial charge in [0.2, 0.25) is 47.3 Å². The van der Waals surface area contributed by atoms with Gasteiger partial charge in [-0.2, -0.15) is 0 Å². The first-order chi connectivity index (χ1) is 49.4. The van der Waals surface area contributed by atoms with Crippen LogP contribution in [0.3, 0.4) is 0 Å². The molecule has 0 bridgehead atoms. The summed E-state index contributed by atoms with van der Waals surface area (Å²) in [5, 5.41) is 22.4. The number of hydrogen-bond donors (Lipinski definition) is 9. The van der Waals surface area contributed by atoms with E-state index in [0.717, 1.165) is 10.5 Å². The average molecular weight is 1450 g/mol. The zero-order valence-corrected chi connectivity index (χ0v) is 63.0. The van der Waals surface area contributed by atoms with E-state index in [-0.39, 0.29) is 111 Å². The molecule has 0 saturated carbocycles. The van der Waals surface area contributed by atoms with Gasteiger partial charge in [0.1, 0.15) is 30.8 Å². The van der Waals surface area contributed by atoms with Gasteiger partial charge in [0.15, 0.2) is 0 Å². The Morgan fingerprint density at radius 1 is 0.615 bits per heavy atom. The number of methoxy groups -OCH3 is 2. The van der Waals surface area contributed by atoms with Crippen LogP contribution in [0.1, 0.15) is 144 Å². The summed E-state index contributed by atoms with van der Waals surface area (Å²) in [5.41, 5.74) is 7.65. The van der Waals surface area contributed by atoms with Gasteiger partial charge in [-0.25, -0.2) is 9.59 Å². The number of rotatable bonds is 42. The van der Waals surface area contributed by atoms with Crippen LogP contribution in [0, 0.1) is 29.6 Å². The van der Waals surface area contributed by atoms with Crippen molar-refractivity contribution < 1.29 is 71.7 Å². The Bertz CT molecular complexity index is 3360. The number of benzene rings is 3. The van der Waals surface area contributed by atoms with E-state index in [1.807, 2.05) is 90.9 Å². The van der Waals surface area contributed by atoms with Crippen molar-refractivity contribution in [2.24, 2.45) is 35.3 Å². The zero-order chi connectivity index (χ0) is 76.9. The molecule has 28 nitrogen and oxygen atoms in total. The summed E-state index contributed by atoms with van der Waals surface area (Å²) in [7, 11) is 8.42. The summed E-state index contributed by atoms with van der Waals surface area (Å²) in [5.74, 6) is -5.54. The third-order valence-electron chi connectivity index (χ3n) is 19.5. The Morgan fingerprint density at radius 2 is 1.20 bits per heavy atom. The highest BCUT2D eigenvalue weighted by Gasteiger charge is 2.44. The van der Waals surface area contributed by atoms with Crippen molar-refractivity contribution in [2.75, 3.05) is 70.9 Å². The number of ether oxygens (including phenoxy) is 3. The molecule has 10 N–H and O–H groups in total. The summed E-state index contributed by atoms with van der Waals surface area (Å²) < 4.78 is 17.7. The monoisotopic (exact) mass is 1450 g/mol. The van der Waals surface area contributed by atoms with E-state index in [2.05, 4.69) is 42.5 Å². The minimum absolute atomic E-state index is 0.00873. The van der Waals surface area contributed by atoms with Crippen LogP contribution in [0.2, 0.25) is 0 Å². The van der Waals surface area contributed by atoms with Gasteiger partial charge in [-0.05, 0) is 124 Å². The predicted octanol–water partition coefficient (Wildman–Crippen LogP) is 6.64. The molecule has 12 atom stereocenters. The summed E-state index contributed by atoms with van der Waals surface area (Å²) in [4.78, 5) is 167. The highest BCUT2D eigenvalue weighted by Crippen LogP contribution is 2.31. The predicted molar refractivity (Wildman–Crippen MR) is 396 cm³/mol. The summed E-state index contributed by atoms with van der Waals surface area (Å²) in [6.07, 6.45) is 4.67. The molecule has 2 aliphatic heterocycles. The van der Waals surface area contributed by atoms with Crippen molar-refractivity contribution in [1.82, 2.24) is 46.2 Å².